The van der Waals surface area contributed by atoms with Crippen LogP contribution in [0.1, 0.15) is 0 Å². The molecule has 12 heavy (non-hydrogen) atoms. The molecule has 76 valence electrons. The van der Waals surface area contributed by atoms with Crippen molar-refractivity contribution >= 4 is 10.4 Å². The molecule has 0 saturated carbocycles. The number of hydrogen-bond acceptors (Lipinski definition) is 5. The highest BCUT2D eigenvalue weighted by Crippen LogP contribution is 1.84. The second-order valence-electron chi connectivity index (χ2n) is 3.15. The Balaban J connectivity index is 0. The van der Waals surface area contributed by atoms with Gasteiger partial charge >= 0.3 is 0 Å². The van der Waals surface area contributed by atoms with Crippen LogP contribution in [-0.2, 0) is 10.4 Å². The Morgan fingerprint density at radius 2 is 1.50 bits per heavy atom. The van der Waals surface area contributed by atoms with Crippen LogP contribution in [0.15, 0.2) is 0 Å². The molecule has 0 fully saturated rings. The van der Waals surface area contributed by atoms with Crippen molar-refractivity contribution in [1.82, 2.24) is 0 Å². The molecule has 0 aliphatic rings. The van der Waals surface area contributed by atoms with Gasteiger partial charge in [0, 0.05) is 10.4 Å². The average Bonchev–Trinajstić information content (AvgIpc) is 1.54. The molecule has 0 radical (unpaired) electrons. The van der Waals surface area contributed by atoms with Gasteiger partial charge in [-0.15, -0.1) is 0 Å². The summed E-state index contributed by atoms with van der Waals surface area (Å²) in [6.45, 7) is 1.11. The maximum absolute atomic E-state index is 8.52. The summed E-state index contributed by atoms with van der Waals surface area (Å²) in [4.78, 5) is 0. The van der Waals surface area contributed by atoms with E-state index in [-0.39, 0.29) is 6.61 Å². The fourth-order valence-electron chi connectivity index (χ4n) is 0.300. The smallest absolute Gasteiger partial charge is 0.101 e. The maximum Gasteiger partial charge on any atom is 0.101 e. The van der Waals surface area contributed by atoms with Crippen molar-refractivity contribution in [2.24, 2.45) is 0 Å². The molecule has 0 bridgehead atoms. The van der Waals surface area contributed by atoms with Gasteiger partial charge in [0.2, 0.25) is 0 Å². The SMILES string of the molecule is C[N+](C)(C)CCO.O=S(=O)([O-])[O-]. The van der Waals surface area contributed by atoms with Crippen LogP contribution < -0.4 is 0 Å². The average molecular weight is 200 g/mol. The van der Waals surface area contributed by atoms with Crippen LogP contribution in [0.4, 0.5) is 0 Å². The van der Waals surface area contributed by atoms with Crippen molar-refractivity contribution in [1.29, 1.82) is 0 Å². The van der Waals surface area contributed by atoms with Crippen LogP contribution in [0.3, 0.4) is 0 Å². The molecule has 0 atom stereocenters. The largest absolute Gasteiger partial charge is 0.759 e. The second kappa shape index (κ2) is 5.44. The summed E-state index contributed by atoms with van der Waals surface area (Å²) in [5.74, 6) is 0. The van der Waals surface area contributed by atoms with Gasteiger partial charge in [-0.05, 0) is 0 Å². The Kier molecular flexibility index (Phi) is 6.49. The van der Waals surface area contributed by atoms with E-state index in [2.05, 4.69) is 21.1 Å². The number of hydrogen-bond donors (Lipinski definition) is 1. The minimum absolute atomic E-state index is 0.281. The molecule has 1 N–H and O–H groups in total. The summed E-state index contributed by atoms with van der Waals surface area (Å²) < 4.78 is 34.9. The molecule has 0 spiro atoms. The van der Waals surface area contributed by atoms with Gasteiger partial charge in [0.1, 0.15) is 6.54 Å². The van der Waals surface area contributed by atoms with E-state index in [0.717, 1.165) is 11.0 Å². The molecule has 0 heterocycles. The lowest BCUT2D eigenvalue weighted by atomic mass is 10.5. The van der Waals surface area contributed by atoms with Gasteiger partial charge in [-0.3, -0.25) is 8.42 Å². The van der Waals surface area contributed by atoms with E-state index < -0.39 is 10.4 Å². The fourth-order valence-corrected chi connectivity index (χ4v) is 0.300. The van der Waals surface area contributed by atoms with Gasteiger partial charge in [-0.1, -0.05) is 0 Å². The van der Waals surface area contributed by atoms with E-state index in [1.165, 1.54) is 0 Å². The summed E-state index contributed by atoms with van der Waals surface area (Å²) in [6, 6.07) is 0. The third-order valence-corrected chi connectivity index (χ3v) is 0.771. The highest BCUT2D eigenvalue weighted by atomic mass is 32.3. The number of rotatable bonds is 2. The Labute approximate surface area is 72.6 Å². The zero-order valence-corrected chi connectivity index (χ0v) is 8.17. The van der Waals surface area contributed by atoms with Crippen molar-refractivity contribution in [3.05, 3.63) is 0 Å². The van der Waals surface area contributed by atoms with E-state index in [1.54, 1.807) is 0 Å². The molecule has 7 heteroatoms. The summed E-state index contributed by atoms with van der Waals surface area (Å²) in [5, 5.41) is 8.39. The maximum atomic E-state index is 8.52. The Morgan fingerprint density at radius 1 is 1.25 bits per heavy atom. The van der Waals surface area contributed by atoms with Crippen molar-refractivity contribution < 1.29 is 27.1 Å². The lowest BCUT2D eigenvalue weighted by molar-refractivity contribution is -0.870. The van der Waals surface area contributed by atoms with Crippen LogP contribution in [-0.4, -0.2) is 61.4 Å². The lowest BCUT2D eigenvalue weighted by Gasteiger charge is -2.21. The minimum atomic E-state index is -5.17. The summed E-state index contributed by atoms with van der Waals surface area (Å²) in [6.07, 6.45) is 0. The predicted octanol–water partition coefficient (Wildman–Crippen LogP) is -1.65. The third-order valence-electron chi connectivity index (χ3n) is 0.771. The summed E-state index contributed by atoms with van der Waals surface area (Å²) >= 11 is 0. The van der Waals surface area contributed by atoms with Gasteiger partial charge < -0.3 is 18.7 Å². The van der Waals surface area contributed by atoms with Crippen LogP contribution in [0.2, 0.25) is 0 Å². The molecule has 0 aromatic carbocycles. The van der Waals surface area contributed by atoms with Gasteiger partial charge in [0.25, 0.3) is 0 Å². The Bertz CT molecular complexity index is 184. The van der Waals surface area contributed by atoms with E-state index in [4.69, 9.17) is 22.6 Å². The van der Waals surface area contributed by atoms with E-state index in [1.807, 2.05) is 0 Å². The first-order valence-corrected chi connectivity index (χ1v) is 4.47. The summed E-state index contributed by atoms with van der Waals surface area (Å²) in [5.41, 5.74) is 0. The lowest BCUT2D eigenvalue weighted by Crippen LogP contribution is -2.36. The Hall–Kier alpha value is -0.210. The normalized spacial score (nSPS) is 11.8. The first-order chi connectivity index (χ1) is 5.06. The zero-order chi connectivity index (χ0) is 10.4. The molecule has 0 unspecified atom stereocenters. The number of likely N-dealkylation sites (N-methyl/N-ethyl adjacent to an activating group) is 1. The van der Waals surface area contributed by atoms with Crippen molar-refractivity contribution in [2.45, 2.75) is 0 Å². The van der Waals surface area contributed by atoms with Gasteiger partial charge in [-0.2, -0.15) is 0 Å². The van der Waals surface area contributed by atoms with Crippen LogP contribution >= 0.6 is 0 Å². The van der Waals surface area contributed by atoms with Gasteiger partial charge in [-0.25, -0.2) is 0 Å². The molecule has 0 aromatic rings. The van der Waals surface area contributed by atoms with Gasteiger partial charge in [0.05, 0.1) is 27.7 Å². The third kappa shape index (κ3) is 52.7. The molecule has 0 aliphatic carbocycles. The molecule has 6 nitrogen and oxygen atoms in total. The molecule has 0 aliphatic heterocycles. The highest BCUT2D eigenvalue weighted by Gasteiger charge is 2.02. The quantitative estimate of drug-likeness (QED) is 0.327. The molecule has 0 rings (SSSR count). The van der Waals surface area contributed by atoms with Crippen LogP contribution in [0.25, 0.3) is 0 Å². The van der Waals surface area contributed by atoms with E-state index in [9.17, 15) is 0 Å². The second-order valence-corrected chi connectivity index (χ2v) is 3.96. The number of quaternary nitrogens is 1. The molecule has 0 amide bonds. The van der Waals surface area contributed by atoms with Crippen LogP contribution in [0.5, 0.6) is 0 Å². The number of nitrogens with zero attached hydrogens (tertiary/aromatic N) is 1. The van der Waals surface area contributed by atoms with Gasteiger partial charge in [0.15, 0.2) is 0 Å². The monoisotopic (exact) mass is 200 g/mol. The van der Waals surface area contributed by atoms with Crippen molar-refractivity contribution in [3.63, 3.8) is 0 Å². The first-order valence-electron chi connectivity index (χ1n) is 3.14. The molecular formula is C5H14NO5S-. The number of aliphatic hydroxyl groups excluding tert-OH is 1. The standard InChI is InChI=1S/C5H14NO.H2O4S/c1-6(2,3)4-5-7;1-5(2,3)4/h7H,4-5H2,1-3H3;(H2,1,2,3,4)/q+1;/p-2. The first kappa shape index (κ1) is 14.3. The molecule has 0 saturated heterocycles. The molecule has 0 aromatic heterocycles. The molecular weight excluding hydrogens is 186 g/mol. The van der Waals surface area contributed by atoms with Crippen molar-refractivity contribution in [3.8, 4) is 0 Å². The minimum Gasteiger partial charge on any atom is -0.759 e. The van der Waals surface area contributed by atoms with E-state index in [0.29, 0.717) is 0 Å². The van der Waals surface area contributed by atoms with Crippen molar-refractivity contribution in [2.75, 3.05) is 34.3 Å². The number of aliphatic hydroxyl groups is 1. The summed E-state index contributed by atoms with van der Waals surface area (Å²) in [7, 11) is 0.989. The van der Waals surface area contributed by atoms with Crippen LogP contribution in [0, 0.1) is 0 Å². The zero-order valence-electron chi connectivity index (χ0n) is 7.35. The predicted molar refractivity (Wildman–Crippen MR) is 40.5 cm³/mol. The van der Waals surface area contributed by atoms with E-state index >= 15 is 0 Å². The topological polar surface area (TPSA) is 100 Å². The Morgan fingerprint density at radius 3 is 1.50 bits per heavy atom. The fraction of sp³-hybridized carbons (Fsp3) is 1.00. The highest BCUT2D eigenvalue weighted by molar-refractivity contribution is 7.79.